The van der Waals surface area contributed by atoms with Gasteiger partial charge < -0.3 is 10.6 Å². The van der Waals surface area contributed by atoms with Crippen molar-refractivity contribution < 1.29 is 0 Å². The van der Waals surface area contributed by atoms with Crippen LogP contribution in [0.15, 0.2) is 36.4 Å². The molecule has 0 radical (unpaired) electrons. The minimum absolute atomic E-state index is 0.139. The summed E-state index contributed by atoms with van der Waals surface area (Å²) < 4.78 is 0. The van der Waals surface area contributed by atoms with Gasteiger partial charge in [-0.3, -0.25) is 0 Å². The van der Waals surface area contributed by atoms with Gasteiger partial charge in [0.1, 0.15) is 0 Å². The minimum atomic E-state index is 0.139. The highest BCUT2D eigenvalue weighted by molar-refractivity contribution is 7.80. The molecule has 2 aromatic carbocycles. The van der Waals surface area contributed by atoms with Gasteiger partial charge in [0, 0.05) is 10.7 Å². The third-order valence-corrected chi connectivity index (χ3v) is 4.14. The molecule has 0 aromatic heterocycles. The van der Waals surface area contributed by atoms with Gasteiger partial charge in [0.05, 0.1) is 6.04 Å². The van der Waals surface area contributed by atoms with Crippen LogP contribution in [0.5, 0.6) is 0 Å². The second-order valence-electron chi connectivity index (χ2n) is 5.64. The number of benzene rings is 2. The van der Waals surface area contributed by atoms with E-state index >= 15 is 0 Å². The number of nitrogens with one attached hydrogen (secondary N) is 2. The summed E-state index contributed by atoms with van der Waals surface area (Å²) in [7, 11) is 0. The van der Waals surface area contributed by atoms with Crippen LogP contribution < -0.4 is 10.6 Å². The van der Waals surface area contributed by atoms with Crippen molar-refractivity contribution in [3.63, 3.8) is 0 Å². The smallest absolute Gasteiger partial charge is 0.171 e. The van der Waals surface area contributed by atoms with Gasteiger partial charge in [-0.25, -0.2) is 0 Å². The Balaban J connectivity index is 2.06. The fourth-order valence-electron chi connectivity index (χ4n) is 2.47. The molecule has 0 fully saturated rings. The predicted octanol–water partition coefficient (Wildman–Crippen LogP) is 5.31. The highest BCUT2D eigenvalue weighted by Crippen LogP contribution is 2.21. The number of thiocarbonyl (C=S) groups is 1. The minimum Gasteiger partial charge on any atom is -0.356 e. The predicted molar refractivity (Wildman–Crippen MR) is 99.9 cm³/mol. The molecule has 0 saturated heterocycles. The van der Waals surface area contributed by atoms with E-state index in [1.807, 2.05) is 25.1 Å². The summed E-state index contributed by atoms with van der Waals surface area (Å²) in [6.45, 7) is 8.35. The summed E-state index contributed by atoms with van der Waals surface area (Å²) in [6.07, 6.45) is 0. The van der Waals surface area contributed by atoms with E-state index in [9.17, 15) is 0 Å². The topological polar surface area (TPSA) is 24.1 Å². The van der Waals surface area contributed by atoms with Gasteiger partial charge >= 0.3 is 0 Å². The molecule has 0 aliphatic rings. The SMILES string of the molecule is Cc1ccc(C(C)NC(=S)Nc2cc(Cl)ccc2C)c(C)c1. The van der Waals surface area contributed by atoms with Crippen LogP contribution in [-0.4, -0.2) is 5.11 Å². The third-order valence-electron chi connectivity index (χ3n) is 3.69. The van der Waals surface area contributed by atoms with Crippen molar-refractivity contribution in [3.05, 3.63) is 63.7 Å². The first-order chi connectivity index (χ1) is 10.4. The summed E-state index contributed by atoms with van der Waals surface area (Å²) in [5, 5.41) is 7.84. The van der Waals surface area contributed by atoms with Crippen LogP contribution in [-0.2, 0) is 0 Å². The molecular weight excluding hydrogens is 312 g/mol. The van der Waals surface area contributed by atoms with E-state index in [1.54, 1.807) is 0 Å². The van der Waals surface area contributed by atoms with Crippen LogP contribution in [0.25, 0.3) is 0 Å². The summed E-state index contributed by atoms with van der Waals surface area (Å²) >= 11 is 11.5. The normalized spacial score (nSPS) is 11.9. The first-order valence-corrected chi connectivity index (χ1v) is 8.06. The van der Waals surface area contributed by atoms with Crippen LogP contribution in [0.2, 0.25) is 5.02 Å². The lowest BCUT2D eigenvalue weighted by Crippen LogP contribution is -2.31. The molecule has 1 atom stereocenters. The molecule has 2 nitrogen and oxygen atoms in total. The standard InChI is InChI=1S/C18H21ClN2S/c1-11-5-8-16(13(3)9-11)14(4)20-18(22)21-17-10-15(19)7-6-12(17)2/h5-10,14H,1-4H3,(H2,20,21,22). The van der Waals surface area contributed by atoms with E-state index in [-0.39, 0.29) is 6.04 Å². The molecule has 22 heavy (non-hydrogen) atoms. The number of rotatable bonds is 3. The maximum absolute atomic E-state index is 6.03. The fraction of sp³-hybridized carbons (Fsp3) is 0.278. The fourth-order valence-corrected chi connectivity index (χ4v) is 2.93. The van der Waals surface area contributed by atoms with Crippen molar-refractivity contribution in [1.82, 2.24) is 5.32 Å². The number of halogens is 1. The zero-order valence-corrected chi connectivity index (χ0v) is 14.9. The van der Waals surface area contributed by atoms with Crippen LogP contribution in [0.4, 0.5) is 5.69 Å². The zero-order valence-electron chi connectivity index (χ0n) is 13.3. The van der Waals surface area contributed by atoms with E-state index in [0.29, 0.717) is 10.1 Å². The van der Waals surface area contributed by atoms with Crippen molar-refractivity contribution in [1.29, 1.82) is 0 Å². The molecule has 2 aromatic rings. The Morgan fingerprint density at radius 3 is 2.45 bits per heavy atom. The Kier molecular flexibility index (Phi) is 5.43. The number of hydrogen-bond donors (Lipinski definition) is 2. The Morgan fingerprint density at radius 1 is 1.05 bits per heavy atom. The Morgan fingerprint density at radius 2 is 1.77 bits per heavy atom. The van der Waals surface area contributed by atoms with Crippen molar-refractivity contribution in [2.45, 2.75) is 33.7 Å². The molecule has 1 unspecified atom stereocenters. The molecule has 0 aliphatic carbocycles. The van der Waals surface area contributed by atoms with Gasteiger partial charge in [-0.1, -0.05) is 41.4 Å². The van der Waals surface area contributed by atoms with Gasteiger partial charge in [0.15, 0.2) is 5.11 Å². The number of anilines is 1. The molecule has 0 heterocycles. The summed E-state index contributed by atoms with van der Waals surface area (Å²) in [6, 6.07) is 12.3. The van der Waals surface area contributed by atoms with Crippen LogP contribution in [0.3, 0.4) is 0 Å². The molecule has 0 saturated carbocycles. The zero-order chi connectivity index (χ0) is 16.3. The van der Waals surface area contributed by atoms with E-state index in [4.69, 9.17) is 23.8 Å². The Bertz CT molecular complexity index is 697. The van der Waals surface area contributed by atoms with Crippen molar-refractivity contribution in [3.8, 4) is 0 Å². The van der Waals surface area contributed by atoms with Crippen LogP contribution >= 0.6 is 23.8 Å². The molecule has 116 valence electrons. The second kappa shape index (κ2) is 7.12. The Labute approximate surface area is 142 Å². The first kappa shape index (κ1) is 16.8. The number of aryl methyl sites for hydroxylation is 3. The second-order valence-corrected chi connectivity index (χ2v) is 6.48. The van der Waals surface area contributed by atoms with Crippen LogP contribution in [0, 0.1) is 20.8 Å². The van der Waals surface area contributed by atoms with Crippen molar-refractivity contribution >= 4 is 34.6 Å². The van der Waals surface area contributed by atoms with Gasteiger partial charge in [0.25, 0.3) is 0 Å². The highest BCUT2D eigenvalue weighted by Gasteiger charge is 2.10. The summed E-state index contributed by atoms with van der Waals surface area (Å²) in [4.78, 5) is 0. The molecule has 0 bridgehead atoms. The highest BCUT2D eigenvalue weighted by atomic mass is 35.5. The Hall–Kier alpha value is -1.58. The molecule has 0 aliphatic heterocycles. The van der Waals surface area contributed by atoms with E-state index < -0.39 is 0 Å². The lowest BCUT2D eigenvalue weighted by molar-refractivity contribution is 0.717. The first-order valence-electron chi connectivity index (χ1n) is 7.27. The van der Waals surface area contributed by atoms with Gasteiger partial charge in [0.2, 0.25) is 0 Å². The lowest BCUT2D eigenvalue weighted by Gasteiger charge is -2.20. The monoisotopic (exact) mass is 332 g/mol. The molecule has 0 spiro atoms. The van der Waals surface area contributed by atoms with E-state index in [1.165, 1.54) is 16.7 Å². The van der Waals surface area contributed by atoms with Gasteiger partial charge in [-0.15, -0.1) is 0 Å². The third kappa shape index (κ3) is 4.21. The van der Waals surface area contributed by atoms with Crippen molar-refractivity contribution in [2.24, 2.45) is 0 Å². The van der Waals surface area contributed by atoms with Crippen molar-refractivity contribution in [2.75, 3.05) is 5.32 Å². The lowest BCUT2D eigenvalue weighted by atomic mass is 10.0. The molecule has 2 N–H and O–H groups in total. The largest absolute Gasteiger partial charge is 0.356 e. The molecule has 4 heteroatoms. The van der Waals surface area contributed by atoms with Gasteiger partial charge in [-0.05, 0) is 68.7 Å². The van der Waals surface area contributed by atoms with Crippen LogP contribution in [0.1, 0.15) is 35.2 Å². The average molecular weight is 333 g/mol. The number of hydrogen-bond acceptors (Lipinski definition) is 1. The van der Waals surface area contributed by atoms with Gasteiger partial charge in [-0.2, -0.15) is 0 Å². The molecule has 0 amide bonds. The maximum atomic E-state index is 6.03. The average Bonchev–Trinajstić information content (AvgIpc) is 2.42. The van der Waals surface area contributed by atoms with E-state index in [2.05, 4.69) is 49.6 Å². The molecular formula is C18H21ClN2S. The summed E-state index contributed by atoms with van der Waals surface area (Å²) in [5.74, 6) is 0. The summed E-state index contributed by atoms with van der Waals surface area (Å²) in [5.41, 5.74) is 5.81. The quantitative estimate of drug-likeness (QED) is 0.744. The maximum Gasteiger partial charge on any atom is 0.171 e. The van der Waals surface area contributed by atoms with E-state index in [0.717, 1.165) is 11.3 Å². The molecule has 2 rings (SSSR count).